The second-order valence-electron chi connectivity index (χ2n) is 4.79. The first-order chi connectivity index (χ1) is 8.00. The van der Waals surface area contributed by atoms with E-state index in [1.54, 1.807) is 29.0 Å². The second-order valence-corrected chi connectivity index (χ2v) is 6.19. The van der Waals surface area contributed by atoms with Crippen molar-refractivity contribution in [1.82, 2.24) is 0 Å². The van der Waals surface area contributed by atoms with Crippen LogP contribution in [-0.4, -0.2) is 22.0 Å². The molecule has 0 aliphatic rings. The standard InChI is InChI=1S/C15H17AsO/c1-15(2,11-3-7-13(16)8-4-11)12-5-9-14(17)10-6-12/h3-10,17H,16H2,1-2H3. The van der Waals surface area contributed by atoms with Gasteiger partial charge in [-0.1, -0.05) is 0 Å². The summed E-state index contributed by atoms with van der Waals surface area (Å²) in [5.74, 6) is 0.316. The molecule has 0 saturated heterocycles. The van der Waals surface area contributed by atoms with Crippen LogP contribution in [0.15, 0.2) is 48.5 Å². The molecule has 0 amide bonds. The molecule has 1 nitrogen and oxygen atoms in total. The van der Waals surface area contributed by atoms with E-state index in [4.69, 9.17) is 0 Å². The Balaban J connectivity index is 2.41. The summed E-state index contributed by atoms with van der Waals surface area (Å²) in [7, 11) is 0. The van der Waals surface area contributed by atoms with E-state index in [1.165, 1.54) is 15.5 Å². The summed E-state index contributed by atoms with van der Waals surface area (Å²) in [4.78, 5) is 0. The number of phenols is 1. The molecule has 0 aliphatic heterocycles. The van der Waals surface area contributed by atoms with Gasteiger partial charge < -0.3 is 0 Å². The van der Waals surface area contributed by atoms with Gasteiger partial charge in [0.15, 0.2) is 0 Å². The van der Waals surface area contributed by atoms with Crippen molar-refractivity contribution in [2.24, 2.45) is 0 Å². The summed E-state index contributed by atoms with van der Waals surface area (Å²) in [5, 5.41) is 9.33. The van der Waals surface area contributed by atoms with E-state index in [1.807, 2.05) is 12.1 Å². The SMILES string of the molecule is CC(C)(c1ccc(O)cc1)c1ccc([AsH2])cc1. The van der Waals surface area contributed by atoms with Crippen LogP contribution in [0, 0.1) is 0 Å². The molecule has 0 fully saturated rings. The van der Waals surface area contributed by atoms with Gasteiger partial charge in [-0.15, -0.1) is 0 Å². The summed E-state index contributed by atoms with van der Waals surface area (Å²) >= 11 is 1.64. The minimum atomic E-state index is -0.0333. The van der Waals surface area contributed by atoms with Crippen LogP contribution >= 0.6 is 0 Å². The number of rotatable bonds is 2. The van der Waals surface area contributed by atoms with E-state index in [2.05, 4.69) is 38.1 Å². The van der Waals surface area contributed by atoms with Gasteiger partial charge in [-0.3, -0.25) is 0 Å². The molecular formula is C15H17AsO. The zero-order valence-corrected chi connectivity index (χ0v) is 12.6. The fourth-order valence-corrected chi connectivity index (χ4v) is 2.35. The van der Waals surface area contributed by atoms with Crippen LogP contribution in [0.2, 0.25) is 0 Å². The van der Waals surface area contributed by atoms with Gasteiger partial charge in [-0.05, 0) is 0 Å². The third-order valence-corrected chi connectivity index (χ3v) is 4.03. The van der Waals surface area contributed by atoms with Crippen LogP contribution in [0.3, 0.4) is 0 Å². The third kappa shape index (κ3) is 2.56. The molecule has 0 bridgehead atoms. The van der Waals surface area contributed by atoms with Crippen LogP contribution < -0.4 is 4.35 Å². The molecule has 1 N–H and O–H groups in total. The molecule has 1 atom stereocenters. The van der Waals surface area contributed by atoms with Crippen LogP contribution in [0.4, 0.5) is 0 Å². The summed E-state index contributed by atoms with van der Waals surface area (Å²) in [6.07, 6.45) is 0. The number of benzene rings is 2. The molecule has 0 aromatic heterocycles. The number of hydrogen-bond donors (Lipinski definition) is 1. The Morgan fingerprint density at radius 3 is 1.71 bits per heavy atom. The first kappa shape index (κ1) is 12.3. The van der Waals surface area contributed by atoms with Crippen molar-refractivity contribution in [3.8, 4) is 5.75 Å². The normalized spacial score (nSPS) is 11.5. The van der Waals surface area contributed by atoms with E-state index < -0.39 is 0 Å². The third-order valence-electron chi connectivity index (χ3n) is 3.22. The van der Waals surface area contributed by atoms with E-state index in [9.17, 15) is 5.11 Å². The van der Waals surface area contributed by atoms with Crippen LogP contribution in [0.5, 0.6) is 5.75 Å². The number of hydrogen-bond acceptors (Lipinski definition) is 1. The van der Waals surface area contributed by atoms with Gasteiger partial charge in [0.25, 0.3) is 0 Å². The Hall–Kier alpha value is -1.20. The Kier molecular flexibility index (Phi) is 3.30. The van der Waals surface area contributed by atoms with Gasteiger partial charge in [-0.2, -0.15) is 0 Å². The molecule has 0 aliphatic carbocycles. The molecule has 17 heavy (non-hydrogen) atoms. The van der Waals surface area contributed by atoms with E-state index in [0.717, 1.165) is 0 Å². The van der Waals surface area contributed by atoms with Crippen molar-refractivity contribution in [2.75, 3.05) is 0 Å². The Labute approximate surface area is 111 Å². The zero-order valence-electron chi connectivity index (χ0n) is 10.1. The van der Waals surface area contributed by atoms with E-state index >= 15 is 0 Å². The molecule has 2 aromatic carbocycles. The average molecular weight is 288 g/mol. The van der Waals surface area contributed by atoms with Crippen molar-refractivity contribution < 1.29 is 5.11 Å². The predicted octanol–water partition coefficient (Wildman–Crippen LogP) is 1.98. The van der Waals surface area contributed by atoms with E-state index in [0.29, 0.717) is 5.75 Å². The first-order valence-corrected chi connectivity index (χ1v) is 6.87. The molecule has 2 rings (SSSR count). The number of phenolic OH excluding ortho intramolecular Hbond substituents is 1. The van der Waals surface area contributed by atoms with Crippen molar-refractivity contribution >= 4 is 21.2 Å². The van der Waals surface area contributed by atoms with Crippen LogP contribution in [0.25, 0.3) is 0 Å². The Bertz CT molecular complexity index is 450. The maximum atomic E-state index is 9.33. The molecule has 2 heteroatoms. The van der Waals surface area contributed by atoms with Gasteiger partial charge >= 0.3 is 111 Å². The average Bonchev–Trinajstić information content (AvgIpc) is 2.30. The van der Waals surface area contributed by atoms with Crippen molar-refractivity contribution in [3.05, 3.63) is 59.7 Å². The van der Waals surface area contributed by atoms with E-state index in [-0.39, 0.29) is 5.41 Å². The molecular weight excluding hydrogens is 271 g/mol. The second kappa shape index (κ2) is 4.58. The molecule has 0 saturated carbocycles. The monoisotopic (exact) mass is 288 g/mol. The molecule has 88 valence electrons. The topological polar surface area (TPSA) is 20.2 Å². The van der Waals surface area contributed by atoms with Gasteiger partial charge in [-0.25, -0.2) is 0 Å². The quantitative estimate of drug-likeness (QED) is 0.838. The molecule has 1 unspecified atom stereocenters. The fourth-order valence-electron chi connectivity index (χ4n) is 1.94. The van der Waals surface area contributed by atoms with Crippen LogP contribution in [0.1, 0.15) is 25.0 Å². The Morgan fingerprint density at radius 1 is 0.824 bits per heavy atom. The predicted molar refractivity (Wildman–Crippen MR) is 74.9 cm³/mol. The fraction of sp³-hybridized carbons (Fsp3) is 0.200. The summed E-state index contributed by atoms with van der Waals surface area (Å²) in [5.41, 5.74) is 2.48. The van der Waals surface area contributed by atoms with Gasteiger partial charge in [0, 0.05) is 0 Å². The van der Waals surface area contributed by atoms with Crippen molar-refractivity contribution in [3.63, 3.8) is 0 Å². The summed E-state index contributed by atoms with van der Waals surface area (Å²) in [6, 6.07) is 16.2. The Morgan fingerprint density at radius 2 is 1.24 bits per heavy atom. The molecule has 2 aromatic rings. The summed E-state index contributed by atoms with van der Waals surface area (Å²) < 4.78 is 1.34. The van der Waals surface area contributed by atoms with Gasteiger partial charge in [0.1, 0.15) is 0 Å². The maximum absolute atomic E-state index is 9.33. The van der Waals surface area contributed by atoms with Crippen molar-refractivity contribution in [2.45, 2.75) is 19.3 Å². The number of aromatic hydroxyl groups is 1. The zero-order chi connectivity index (χ0) is 12.5. The van der Waals surface area contributed by atoms with Crippen LogP contribution in [-0.2, 0) is 5.41 Å². The minimum absolute atomic E-state index is 0.0333. The van der Waals surface area contributed by atoms with Gasteiger partial charge in [0.05, 0.1) is 0 Å². The molecule has 0 spiro atoms. The first-order valence-electron chi connectivity index (χ1n) is 5.66. The molecule has 0 radical (unpaired) electrons. The molecule has 0 heterocycles. The van der Waals surface area contributed by atoms with Crippen molar-refractivity contribution in [1.29, 1.82) is 0 Å². The van der Waals surface area contributed by atoms with Gasteiger partial charge in [0.2, 0.25) is 0 Å². The summed E-state index contributed by atoms with van der Waals surface area (Å²) in [6.45, 7) is 4.41.